The molecular weight excluding hydrogens is 305 g/mol. The lowest BCUT2D eigenvalue weighted by molar-refractivity contribution is -0.144. The predicted octanol–water partition coefficient (Wildman–Crippen LogP) is 2.06. The van der Waals surface area contributed by atoms with E-state index in [1.54, 1.807) is 20.8 Å². The van der Waals surface area contributed by atoms with Gasteiger partial charge in [0.15, 0.2) is 0 Å². The number of rotatable bonds is 6. The fourth-order valence-corrected chi connectivity index (χ4v) is 2.16. The van der Waals surface area contributed by atoms with Gasteiger partial charge < -0.3 is 20.3 Å². The Labute approximate surface area is 134 Å². The van der Waals surface area contributed by atoms with Crippen molar-refractivity contribution in [3.05, 3.63) is 35.6 Å². The van der Waals surface area contributed by atoms with Crippen LogP contribution in [0.2, 0.25) is 0 Å². The number of carboxylic acids is 1. The molecule has 1 aromatic carbocycles. The molecule has 1 aromatic rings. The van der Waals surface area contributed by atoms with Gasteiger partial charge in [-0.2, -0.15) is 0 Å². The summed E-state index contributed by atoms with van der Waals surface area (Å²) < 4.78 is 18.5. The number of hydrogen-bond acceptors (Lipinski definition) is 4. The van der Waals surface area contributed by atoms with E-state index in [0.29, 0.717) is 0 Å². The molecule has 0 bridgehead atoms. The largest absolute Gasteiger partial charge is 0.481 e. The van der Waals surface area contributed by atoms with Crippen molar-refractivity contribution in [2.24, 2.45) is 0 Å². The van der Waals surface area contributed by atoms with Gasteiger partial charge in [-0.1, -0.05) is 12.1 Å². The number of ether oxygens (including phenoxy) is 1. The van der Waals surface area contributed by atoms with Crippen LogP contribution in [0.4, 0.5) is 9.18 Å². The molecule has 0 aromatic heterocycles. The van der Waals surface area contributed by atoms with Crippen LogP contribution in [0.3, 0.4) is 0 Å². The molecule has 0 spiro atoms. The van der Waals surface area contributed by atoms with Crippen LogP contribution in [0, 0.1) is 5.82 Å². The lowest BCUT2D eigenvalue weighted by Gasteiger charge is -2.30. The number of aliphatic carboxylic acids is 1. The van der Waals surface area contributed by atoms with Crippen molar-refractivity contribution in [3.8, 4) is 0 Å². The Morgan fingerprint density at radius 1 is 1.30 bits per heavy atom. The minimum atomic E-state index is -1.65. The number of carboxylic acid groups (broad SMARTS) is 1. The predicted molar refractivity (Wildman–Crippen MR) is 81.7 cm³/mol. The maximum absolute atomic E-state index is 13.5. The van der Waals surface area contributed by atoms with Crippen molar-refractivity contribution >= 4 is 12.1 Å². The second kappa shape index (κ2) is 7.41. The standard InChI is InChI=1S/C16H22FNO5/c1-15(2,3)23-14(22)18-10-16(7-8-19,13(20)21)11-5-4-6-12(17)9-11/h4-6,9,19H,7-8,10H2,1-3H3,(H,18,22)(H,20,21). The van der Waals surface area contributed by atoms with E-state index < -0.39 is 35.5 Å². The Morgan fingerprint density at radius 3 is 2.43 bits per heavy atom. The monoisotopic (exact) mass is 327 g/mol. The van der Waals surface area contributed by atoms with Gasteiger partial charge in [-0.25, -0.2) is 9.18 Å². The lowest BCUT2D eigenvalue weighted by atomic mass is 9.77. The number of carbonyl (C=O) groups excluding carboxylic acids is 1. The lowest BCUT2D eigenvalue weighted by Crippen LogP contribution is -2.48. The molecule has 128 valence electrons. The smallest absolute Gasteiger partial charge is 0.407 e. The number of hydrogen-bond donors (Lipinski definition) is 3. The number of carbonyl (C=O) groups is 2. The molecule has 6 nitrogen and oxygen atoms in total. The summed E-state index contributed by atoms with van der Waals surface area (Å²) in [6, 6.07) is 5.10. The Balaban J connectivity index is 3.06. The van der Waals surface area contributed by atoms with Crippen LogP contribution < -0.4 is 5.32 Å². The fraction of sp³-hybridized carbons (Fsp3) is 0.500. The first-order valence-corrected chi connectivity index (χ1v) is 7.18. The number of aliphatic hydroxyl groups excluding tert-OH is 1. The number of amides is 1. The Morgan fingerprint density at radius 2 is 1.96 bits per heavy atom. The Hall–Kier alpha value is -2.15. The van der Waals surface area contributed by atoms with Crippen LogP contribution in [0.25, 0.3) is 0 Å². The van der Waals surface area contributed by atoms with Gasteiger partial charge in [-0.05, 0) is 44.9 Å². The third-order valence-electron chi connectivity index (χ3n) is 3.26. The van der Waals surface area contributed by atoms with Crippen molar-refractivity contribution in [2.45, 2.75) is 38.2 Å². The molecule has 0 aliphatic heterocycles. The van der Waals surface area contributed by atoms with E-state index in [9.17, 15) is 24.2 Å². The second-order valence-electron chi connectivity index (χ2n) is 6.23. The van der Waals surface area contributed by atoms with E-state index in [2.05, 4.69) is 5.32 Å². The zero-order valence-corrected chi connectivity index (χ0v) is 13.4. The van der Waals surface area contributed by atoms with Crippen LogP contribution >= 0.6 is 0 Å². The molecule has 1 amide bonds. The summed E-state index contributed by atoms with van der Waals surface area (Å²) in [5, 5.41) is 21.2. The van der Waals surface area contributed by atoms with E-state index in [1.165, 1.54) is 18.2 Å². The van der Waals surface area contributed by atoms with E-state index >= 15 is 0 Å². The third kappa shape index (κ3) is 5.21. The molecule has 0 saturated heterocycles. The number of nitrogens with one attached hydrogen (secondary N) is 1. The molecule has 1 atom stereocenters. The topological polar surface area (TPSA) is 95.9 Å². The second-order valence-corrected chi connectivity index (χ2v) is 6.23. The molecule has 23 heavy (non-hydrogen) atoms. The molecule has 0 heterocycles. The number of halogens is 1. The van der Waals surface area contributed by atoms with E-state index in [0.717, 1.165) is 6.07 Å². The average molecular weight is 327 g/mol. The van der Waals surface area contributed by atoms with Crippen LogP contribution in [0.15, 0.2) is 24.3 Å². The summed E-state index contributed by atoms with van der Waals surface area (Å²) in [6.45, 7) is 4.27. The van der Waals surface area contributed by atoms with Crippen LogP contribution in [-0.2, 0) is 14.9 Å². The number of aliphatic hydroxyl groups is 1. The highest BCUT2D eigenvalue weighted by molar-refractivity contribution is 5.82. The molecule has 7 heteroatoms. The quantitative estimate of drug-likeness (QED) is 0.743. The van der Waals surface area contributed by atoms with Crippen LogP contribution in [0.5, 0.6) is 0 Å². The van der Waals surface area contributed by atoms with E-state index in [1.807, 2.05) is 0 Å². The van der Waals surface area contributed by atoms with Crippen molar-refractivity contribution in [2.75, 3.05) is 13.2 Å². The molecule has 0 aliphatic carbocycles. The van der Waals surface area contributed by atoms with Gasteiger partial charge in [-0.3, -0.25) is 4.79 Å². The van der Waals surface area contributed by atoms with Gasteiger partial charge in [0.25, 0.3) is 0 Å². The van der Waals surface area contributed by atoms with Gasteiger partial charge in [0, 0.05) is 13.2 Å². The SMILES string of the molecule is CC(C)(C)OC(=O)NCC(CCO)(C(=O)O)c1cccc(F)c1. The van der Waals surface area contributed by atoms with Crippen molar-refractivity contribution in [1.29, 1.82) is 0 Å². The van der Waals surface area contributed by atoms with Gasteiger partial charge in [-0.15, -0.1) is 0 Å². The molecule has 0 saturated carbocycles. The van der Waals surface area contributed by atoms with Gasteiger partial charge in [0.05, 0.1) is 0 Å². The molecular formula is C16H22FNO5. The summed E-state index contributed by atoms with van der Waals surface area (Å²) in [4.78, 5) is 23.6. The van der Waals surface area contributed by atoms with Crippen molar-refractivity contribution < 1.29 is 28.9 Å². The van der Waals surface area contributed by atoms with Crippen LogP contribution in [0.1, 0.15) is 32.8 Å². The highest BCUT2D eigenvalue weighted by Gasteiger charge is 2.41. The molecule has 1 rings (SSSR count). The van der Waals surface area contributed by atoms with Gasteiger partial charge >= 0.3 is 12.1 Å². The first-order chi connectivity index (χ1) is 10.6. The van der Waals surface area contributed by atoms with Crippen LogP contribution in [-0.4, -0.2) is 41.0 Å². The molecule has 0 fully saturated rings. The Kier molecular flexibility index (Phi) is 6.09. The summed E-state index contributed by atoms with van der Waals surface area (Å²) in [7, 11) is 0. The number of alkyl carbamates (subject to hydrolysis) is 1. The molecule has 0 aliphatic rings. The first kappa shape index (κ1) is 18.9. The van der Waals surface area contributed by atoms with Gasteiger partial charge in [0.2, 0.25) is 0 Å². The molecule has 0 radical (unpaired) electrons. The summed E-state index contributed by atoms with van der Waals surface area (Å²) in [5.74, 6) is -1.86. The normalized spacial score (nSPS) is 14.0. The summed E-state index contributed by atoms with van der Waals surface area (Å²) in [6.07, 6.45) is -0.959. The minimum Gasteiger partial charge on any atom is -0.481 e. The maximum Gasteiger partial charge on any atom is 0.407 e. The molecule has 1 unspecified atom stereocenters. The zero-order valence-electron chi connectivity index (χ0n) is 13.4. The number of benzene rings is 1. The highest BCUT2D eigenvalue weighted by atomic mass is 19.1. The Bertz CT molecular complexity index is 570. The third-order valence-corrected chi connectivity index (χ3v) is 3.26. The minimum absolute atomic E-state index is 0.162. The van der Waals surface area contributed by atoms with Crippen molar-refractivity contribution in [1.82, 2.24) is 5.32 Å². The fourth-order valence-electron chi connectivity index (χ4n) is 2.16. The van der Waals surface area contributed by atoms with Crippen molar-refractivity contribution in [3.63, 3.8) is 0 Å². The summed E-state index contributed by atoms with van der Waals surface area (Å²) >= 11 is 0. The first-order valence-electron chi connectivity index (χ1n) is 7.18. The highest BCUT2D eigenvalue weighted by Crippen LogP contribution is 2.28. The van der Waals surface area contributed by atoms with Gasteiger partial charge in [0.1, 0.15) is 16.8 Å². The maximum atomic E-state index is 13.5. The molecule has 3 N–H and O–H groups in total. The summed E-state index contributed by atoms with van der Waals surface area (Å²) in [5.41, 5.74) is -2.21. The average Bonchev–Trinajstić information content (AvgIpc) is 2.41. The zero-order chi connectivity index (χ0) is 17.7. The van der Waals surface area contributed by atoms with E-state index in [-0.39, 0.29) is 18.5 Å². The van der Waals surface area contributed by atoms with E-state index in [4.69, 9.17) is 4.74 Å².